The van der Waals surface area contributed by atoms with Crippen molar-refractivity contribution in [2.75, 3.05) is 6.61 Å². The summed E-state index contributed by atoms with van der Waals surface area (Å²) in [7, 11) is 0. The maximum absolute atomic E-state index is 6.11. The second kappa shape index (κ2) is 4.73. The molecule has 0 spiro atoms. The van der Waals surface area contributed by atoms with E-state index < -0.39 is 0 Å². The van der Waals surface area contributed by atoms with Crippen LogP contribution in [0.3, 0.4) is 0 Å². The molecular formula is C13H14ClNO. The van der Waals surface area contributed by atoms with Gasteiger partial charge in [-0.3, -0.25) is 0 Å². The first-order valence-electron chi connectivity index (χ1n) is 5.24. The van der Waals surface area contributed by atoms with Crippen LogP contribution in [0.15, 0.2) is 36.4 Å². The van der Waals surface area contributed by atoms with Crippen LogP contribution in [0, 0.1) is 0 Å². The summed E-state index contributed by atoms with van der Waals surface area (Å²) < 4.78 is 5.65. The van der Waals surface area contributed by atoms with E-state index in [9.17, 15) is 0 Å². The van der Waals surface area contributed by atoms with E-state index in [0.717, 1.165) is 21.5 Å². The molecule has 1 unspecified atom stereocenters. The minimum absolute atomic E-state index is 0.0226. The Balaban J connectivity index is 2.42. The molecule has 0 amide bonds. The molecule has 1 atom stereocenters. The van der Waals surface area contributed by atoms with Gasteiger partial charge in [0.2, 0.25) is 0 Å². The van der Waals surface area contributed by atoms with Gasteiger partial charge in [-0.25, -0.2) is 0 Å². The normalized spacial score (nSPS) is 12.7. The average molecular weight is 236 g/mol. The van der Waals surface area contributed by atoms with E-state index in [1.807, 2.05) is 43.3 Å². The minimum atomic E-state index is 0.0226. The summed E-state index contributed by atoms with van der Waals surface area (Å²) in [5.41, 5.74) is 5.66. The van der Waals surface area contributed by atoms with Gasteiger partial charge in [0.15, 0.2) is 0 Å². The highest BCUT2D eigenvalue weighted by atomic mass is 35.5. The standard InChI is InChI=1S/C13H14ClNO/c1-9(15)8-16-13-7-6-12(14)10-4-2-3-5-11(10)13/h2-7,9H,8,15H2,1H3. The third kappa shape index (κ3) is 2.29. The molecule has 0 saturated heterocycles. The minimum Gasteiger partial charge on any atom is -0.491 e. The fraction of sp³-hybridized carbons (Fsp3) is 0.231. The molecule has 2 aromatic carbocycles. The fourth-order valence-corrected chi connectivity index (χ4v) is 1.81. The molecule has 0 aliphatic rings. The topological polar surface area (TPSA) is 35.2 Å². The third-order valence-electron chi connectivity index (χ3n) is 2.33. The Morgan fingerprint density at radius 1 is 1.19 bits per heavy atom. The van der Waals surface area contributed by atoms with Crippen molar-refractivity contribution in [1.29, 1.82) is 0 Å². The largest absolute Gasteiger partial charge is 0.491 e. The number of nitrogens with two attached hydrogens (primary N) is 1. The molecule has 0 saturated carbocycles. The van der Waals surface area contributed by atoms with Crippen LogP contribution in [0.2, 0.25) is 5.02 Å². The SMILES string of the molecule is CC(N)COc1ccc(Cl)c2ccccc12. The molecule has 2 aromatic rings. The zero-order valence-corrected chi connectivity index (χ0v) is 9.87. The highest BCUT2D eigenvalue weighted by molar-refractivity contribution is 6.35. The monoisotopic (exact) mass is 235 g/mol. The lowest BCUT2D eigenvalue weighted by Crippen LogP contribution is -2.23. The Morgan fingerprint density at radius 2 is 1.88 bits per heavy atom. The van der Waals surface area contributed by atoms with E-state index in [2.05, 4.69) is 0 Å². The Morgan fingerprint density at radius 3 is 2.56 bits per heavy atom. The molecule has 2 rings (SSSR count). The van der Waals surface area contributed by atoms with Crippen LogP contribution in [0.25, 0.3) is 10.8 Å². The summed E-state index contributed by atoms with van der Waals surface area (Å²) in [4.78, 5) is 0. The molecule has 0 aliphatic carbocycles. The molecule has 0 bridgehead atoms. The van der Waals surface area contributed by atoms with Crippen LogP contribution in [-0.4, -0.2) is 12.6 Å². The molecule has 0 radical (unpaired) electrons. The van der Waals surface area contributed by atoms with Crippen molar-refractivity contribution < 1.29 is 4.74 Å². The van der Waals surface area contributed by atoms with Gasteiger partial charge in [0.25, 0.3) is 0 Å². The number of halogens is 1. The predicted octanol–water partition coefficient (Wildman–Crippen LogP) is 3.22. The van der Waals surface area contributed by atoms with Gasteiger partial charge in [-0.2, -0.15) is 0 Å². The van der Waals surface area contributed by atoms with E-state index in [1.165, 1.54) is 0 Å². The summed E-state index contributed by atoms with van der Waals surface area (Å²) in [6.07, 6.45) is 0. The lowest BCUT2D eigenvalue weighted by atomic mass is 10.1. The molecule has 0 aliphatic heterocycles. The summed E-state index contributed by atoms with van der Waals surface area (Å²) in [5, 5.41) is 2.77. The van der Waals surface area contributed by atoms with Crippen molar-refractivity contribution in [1.82, 2.24) is 0 Å². The van der Waals surface area contributed by atoms with Crippen LogP contribution in [0.5, 0.6) is 5.75 Å². The number of hydrogen-bond acceptors (Lipinski definition) is 2. The summed E-state index contributed by atoms with van der Waals surface area (Å²) in [6, 6.07) is 11.7. The molecular weight excluding hydrogens is 222 g/mol. The fourth-order valence-electron chi connectivity index (χ4n) is 1.58. The van der Waals surface area contributed by atoms with Gasteiger partial charge < -0.3 is 10.5 Å². The molecule has 84 valence electrons. The van der Waals surface area contributed by atoms with Crippen LogP contribution < -0.4 is 10.5 Å². The molecule has 16 heavy (non-hydrogen) atoms. The number of benzene rings is 2. The summed E-state index contributed by atoms with van der Waals surface area (Å²) in [6.45, 7) is 2.42. The van der Waals surface area contributed by atoms with Crippen LogP contribution in [0.4, 0.5) is 0 Å². The molecule has 2 N–H and O–H groups in total. The van der Waals surface area contributed by atoms with Gasteiger partial charge in [0.05, 0.1) is 0 Å². The number of fused-ring (bicyclic) bond motifs is 1. The molecule has 2 nitrogen and oxygen atoms in total. The van der Waals surface area contributed by atoms with Gasteiger partial charge in [-0.15, -0.1) is 0 Å². The van der Waals surface area contributed by atoms with Crippen molar-refractivity contribution in [2.45, 2.75) is 13.0 Å². The van der Waals surface area contributed by atoms with Crippen molar-refractivity contribution in [3.8, 4) is 5.75 Å². The Labute approximate surface area is 100.0 Å². The summed E-state index contributed by atoms with van der Waals surface area (Å²) >= 11 is 6.11. The van der Waals surface area contributed by atoms with E-state index >= 15 is 0 Å². The Kier molecular flexibility index (Phi) is 3.32. The van der Waals surface area contributed by atoms with Crippen LogP contribution in [0.1, 0.15) is 6.92 Å². The first-order chi connectivity index (χ1) is 7.68. The van der Waals surface area contributed by atoms with Crippen molar-refractivity contribution >= 4 is 22.4 Å². The van der Waals surface area contributed by atoms with Gasteiger partial charge >= 0.3 is 0 Å². The first-order valence-corrected chi connectivity index (χ1v) is 5.62. The number of hydrogen-bond donors (Lipinski definition) is 1. The first kappa shape index (κ1) is 11.2. The van der Waals surface area contributed by atoms with Crippen molar-refractivity contribution in [3.63, 3.8) is 0 Å². The predicted molar refractivity (Wildman–Crippen MR) is 68.1 cm³/mol. The third-order valence-corrected chi connectivity index (χ3v) is 2.66. The second-order valence-corrected chi connectivity index (χ2v) is 4.29. The second-order valence-electron chi connectivity index (χ2n) is 3.88. The van der Waals surface area contributed by atoms with E-state index in [1.54, 1.807) is 0 Å². The smallest absolute Gasteiger partial charge is 0.127 e. The maximum Gasteiger partial charge on any atom is 0.127 e. The van der Waals surface area contributed by atoms with Crippen LogP contribution in [-0.2, 0) is 0 Å². The van der Waals surface area contributed by atoms with Gasteiger partial charge in [0, 0.05) is 21.8 Å². The molecule has 0 aromatic heterocycles. The van der Waals surface area contributed by atoms with Gasteiger partial charge in [0.1, 0.15) is 12.4 Å². The maximum atomic E-state index is 6.11. The number of rotatable bonds is 3. The zero-order valence-electron chi connectivity index (χ0n) is 9.11. The average Bonchev–Trinajstić information content (AvgIpc) is 2.28. The van der Waals surface area contributed by atoms with E-state index in [-0.39, 0.29) is 6.04 Å². The van der Waals surface area contributed by atoms with Crippen molar-refractivity contribution in [3.05, 3.63) is 41.4 Å². The number of ether oxygens (including phenoxy) is 1. The summed E-state index contributed by atoms with van der Waals surface area (Å²) in [5.74, 6) is 0.831. The highest BCUT2D eigenvalue weighted by Crippen LogP contribution is 2.31. The highest BCUT2D eigenvalue weighted by Gasteiger charge is 2.05. The Hall–Kier alpha value is -1.25. The molecule has 3 heteroatoms. The van der Waals surface area contributed by atoms with Gasteiger partial charge in [-0.1, -0.05) is 35.9 Å². The van der Waals surface area contributed by atoms with Crippen molar-refractivity contribution in [2.24, 2.45) is 5.73 Å². The van der Waals surface area contributed by atoms with E-state index in [0.29, 0.717) is 6.61 Å². The molecule has 0 heterocycles. The lowest BCUT2D eigenvalue weighted by molar-refractivity contribution is 0.299. The van der Waals surface area contributed by atoms with Gasteiger partial charge in [-0.05, 0) is 19.1 Å². The van der Waals surface area contributed by atoms with Crippen LogP contribution >= 0.6 is 11.6 Å². The van der Waals surface area contributed by atoms with E-state index in [4.69, 9.17) is 22.1 Å². The quantitative estimate of drug-likeness (QED) is 0.887. The Bertz CT molecular complexity index is 496. The zero-order chi connectivity index (χ0) is 11.5. The molecule has 0 fully saturated rings. The lowest BCUT2D eigenvalue weighted by Gasteiger charge is -2.11.